The third-order valence-corrected chi connectivity index (χ3v) is 3.80. The van der Waals surface area contributed by atoms with Gasteiger partial charge in [0.05, 0.1) is 0 Å². The average molecular weight is 270 g/mol. The molecule has 0 unspecified atom stereocenters. The number of carbonyl (C=O) groups excluding carboxylic acids is 1. The van der Waals surface area contributed by atoms with Crippen molar-refractivity contribution in [3.63, 3.8) is 0 Å². The number of ketones is 1. The van der Waals surface area contributed by atoms with Gasteiger partial charge in [-0.3, -0.25) is 9.69 Å². The van der Waals surface area contributed by atoms with E-state index in [1.165, 1.54) is 6.07 Å². The number of hydrogen-bond acceptors (Lipinski definition) is 2. The number of likely N-dealkylation sites (tertiary alicyclic amines) is 1. The van der Waals surface area contributed by atoms with Crippen molar-refractivity contribution in [2.75, 3.05) is 13.1 Å². The Kier molecular flexibility index (Phi) is 4.36. The van der Waals surface area contributed by atoms with Crippen LogP contribution in [0.1, 0.15) is 25.3 Å². The smallest absolute Gasteiger partial charge is 0.133 e. The van der Waals surface area contributed by atoms with Gasteiger partial charge in [-0.05, 0) is 51.1 Å². The molecule has 2 nitrogen and oxygen atoms in total. The molecule has 0 aliphatic carbocycles. The van der Waals surface area contributed by atoms with Gasteiger partial charge in [-0.25, -0.2) is 4.39 Å². The molecule has 1 aromatic rings. The van der Waals surface area contributed by atoms with Crippen LogP contribution in [0.15, 0.2) is 18.2 Å². The number of Topliss-reactive ketones (excluding diaryl/α,β-unsaturated/α-hetero) is 1. The Bertz CT molecular complexity index is 441. The van der Waals surface area contributed by atoms with Crippen LogP contribution in [0.4, 0.5) is 4.39 Å². The summed E-state index contributed by atoms with van der Waals surface area (Å²) in [5, 5.41) is 0.560. The normalized spacial score (nSPS) is 17.9. The molecule has 0 bridgehead atoms. The SMILES string of the molecule is CC(=O)C1CCN(Cc2cc(Cl)ccc2F)CC1. The molecule has 0 aromatic heterocycles. The quantitative estimate of drug-likeness (QED) is 0.839. The molecule has 0 saturated carbocycles. The number of hydrogen-bond donors (Lipinski definition) is 0. The van der Waals surface area contributed by atoms with E-state index in [1.54, 1.807) is 19.1 Å². The zero-order chi connectivity index (χ0) is 13.1. The summed E-state index contributed by atoms with van der Waals surface area (Å²) in [4.78, 5) is 13.4. The molecule has 0 amide bonds. The lowest BCUT2D eigenvalue weighted by molar-refractivity contribution is -0.122. The van der Waals surface area contributed by atoms with Crippen LogP contribution in [-0.2, 0) is 11.3 Å². The van der Waals surface area contributed by atoms with Crippen molar-refractivity contribution in [2.45, 2.75) is 26.3 Å². The maximum atomic E-state index is 13.6. The predicted octanol–water partition coefficient (Wildman–Crippen LogP) is 3.28. The van der Waals surface area contributed by atoms with Crippen LogP contribution in [-0.4, -0.2) is 23.8 Å². The first kappa shape index (κ1) is 13.5. The molecule has 1 aliphatic heterocycles. The van der Waals surface area contributed by atoms with Crippen LogP contribution < -0.4 is 0 Å². The van der Waals surface area contributed by atoms with Crippen LogP contribution >= 0.6 is 11.6 Å². The average Bonchev–Trinajstić information content (AvgIpc) is 2.34. The number of carbonyl (C=O) groups is 1. The van der Waals surface area contributed by atoms with Gasteiger partial charge >= 0.3 is 0 Å². The lowest BCUT2D eigenvalue weighted by Crippen LogP contribution is -2.35. The lowest BCUT2D eigenvalue weighted by Gasteiger charge is -2.30. The van der Waals surface area contributed by atoms with Gasteiger partial charge < -0.3 is 0 Å². The van der Waals surface area contributed by atoms with Crippen molar-refractivity contribution in [3.8, 4) is 0 Å². The van der Waals surface area contributed by atoms with Crippen LogP contribution in [0.3, 0.4) is 0 Å². The van der Waals surface area contributed by atoms with Crippen molar-refractivity contribution in [3.05, 3.63) is 34.6 Å². The lowest BCUT2D eigenvalue weighted by atomic mass is 9.93. The van der Waals surface area contributed by atoms with Crippen molar-refractivity contribution < 1.29 is 9.18 Å². The van der Waals surface area contributed by atoms with Gasteiger partial charge in [0.2, 0.25) is 0 Å². The van der Waals surface area contributed by atoms with E-state index in [0.717, 1.165) is 25.9 Å². The molecule has 4 heteroatoms. The highest BCUT2D eigenvalue weighted by Gasteiger charge is 2.22. The number of halogens is 2. The molecule has 1 aliphatic rings. The van der Waals surface area contributed by atoms with Crippen molar-refractivity contribution in [2.24, 2.45) is 5.92 Å². The van der Waals surface area contributed by atoms with E-state index in [2.05, 4.69) is 4.90 Å². The summed E-state index contributed by atoms with van der Waals surface area (Å²) in [5.74, 6) is 0.238. The summed E-state index contributed by atoms with van der Waals surface area (Å²) in [6.07, 6.45) is 1.75. The summed E-state index contributed by atoms with van der Waals surface area (Å²) in [5.41, 5.74) is 0.628. The Labute approximate surface area is 112 Å². The van der Waals surface area contributed by atoms with E-state index < -0.39 is 0 Å². The fourth-order valence-electron chi connectivity index (χ4n) is 2.40. The number of benzene rings is 1. The third kappa shape index (κ3) is 3.30. The van der Waals surface area contributed by atoms with Crippen molar-refractivity contribution in [1.29, 1.82) is 0 Å². The largest absolute Gasteiger partial charge is 0.300 e. The van der Waals surface area contributed by atoms with Gasteiger partial charge in [-0.1, -0.05) is 11.6 Å². The van der Waals surface area contributed by atoms with Gasteiger partial charge in [0.1, 0.15) is 11.6 Å². The summed E-state index contributed by atoms with van der Waals surface area (Å²) in [7, 11) is 0. The summed E-state index contributed by atoms with van der Waals surface area (Å²) in [6, 6.07) is 4.64. The molecular weight excluding hydrogens is 253 g/mol. The van der Waals surface area contributed by atoms with Crippen LogP contribution in [0.2, 0.25) is 5.02 Å². The second-order valence-corrected chi connectivity index (χ2v) is 5.33. The second-order valence-electron chi connectivity index (χ2n) is 4.90. The topological polar surface area (TPSA) is 20.3 Å². The Morgan fingerprint density at radius 3 is 2.72 bits per heavy atom. The first-order chi connectivity index (χ1) is 8.56. The van der Waals surface area contributed by atoms with Gasteiger partial charge in [0.15, 0.2) is 0 Å². The number of rotatable bonds is 3. The zero-order valence-electron chi connectivity index (χ0n) is 10.5. The molecule has 0 radical (unpaired) electrons. The first-order valence-corrected chi connectivity index (χ1v) is 6.61. The predicted molar refractivity (Wildman–Crippen MR) is 70.1 cm³/mol. The monoisotopic (exact) mass is 269 g/mol. The van der Waals surface area contributed by atoms with Crippen LogP contribution in [0.25, 0.3) is 0 Å². The molecule has 0 N–H and O–H groups in total. The van der Waals surface area contributed by atoms with E-state index in [4.69, 9.17) is 11.6 Å². The molecule has 18 heavy (non-hydrogen) atoms. The standard InChI is InChI=1S/C14H17ClFNO/c1-10(18)11-4-6-17(7-5-11)9-12-8-13(15)2-3-14(12)16/h2-3,8,11H,4-7,9H2,1H3. The number of nitrogens with zero attached hydrogens (tertiary/aromatic N) is 1. The minimum atomic E-state index is -0.215. The minimum absolute atomic E-state index is 0.186. The third-order valence-electron chi connectivity index (χ3n) is 3.56. The van der Waals surface area contributed by atoms with Gasteiger partial charge in [-0.15, -0.1) is 0 Å². The van der Waals surface area contributed by atoms with E-state index in [-0.39, 0.29) is 17.5 Å². The van der Waals surface area contributed by atoms with Crippen molar-refractivity contribution >= 4 is 17.4 Å². The Balaban J connectivity index is 1.95. The van der Waals surface area contributed by atoms with E-state index >= 15 is 0 Å². The highest BCUT2D eigenvalue weighted by Crippen LogP contribution is 2.22. The Hall–Kier alpha value is -0.930. The molecule has 98 valence electrons. The van der Waals surface area contributed by atoms with E-state index in [0.29, 0.717) is 17.1 Å². The van der Waals surface area contributed by atoms with E-state index in [1.807, 2.05) is 0 Å². The second kappa shape index (κ2) is 5.81. The maximum Gasteiger partial charge on any atom is 0.133 e. The van der Waals surface area contributed by atoms with Gasteiger partial charge in [0, 0.05) is 23.0 Å². The van der Waals surface area contributed by atoms with E-state index in [9.17, 15) is 9.18 Å². The summed E-state index contributed by atoms with van der Waals surface area (Å²) < 4.78 is 13.6. The van der Waals surface area contributed by atoms with Gasteiger partial charge in [-0.2, -0.15) is 0 Å². The number of piperidine rings is 1. The minimum Gasteiger partial charge on any atom is -0.300 e. The Morgan fingerprint density at radius 2 is 2.11 bits per heavy atom. The molecule has 0 spiro atoms. The van der Waals surface area contributed by atoms with Crippen LogP contribution in [0.5, 0.6) is 0 Å². The molecule has 0 atom stereocenters. The summed E-state index contributed by atoms with van der Waals surface area (Å²) >= 11 is 5.87. The fraction of sp³-hybridized carbons (Fsp3) is 0.500. The molecule has 1 saturated heterocycles. The molecular formula is C14H17ClFNO. The highest BCUT2D eigenvalue weighted by atomic mass is 35.5. The summed E-state index contributed by atoms with van der Waals surface area (Å²) in [6.45, 7) is 3.90. The van der Waals surface area contributed by atoms with Crippen molar-refractivity contribution in [1.82, 2.24) is 4.90 Å². The molecule has 1 fully saturated rings. The molecule has 1 aromatic carbocycles. The van der Waals surface area contributed by atoms with Gasteiger partial charge in [0.25, 0.3) is 0 Å². The zero-order valence-corrected chi connectivity index (χ0v) is 11.2. The molecule has 1 heterocycles. The first-order valence-electron chi connectivity index (χ1n) is 6.23. The highest BCUT2D eigenvalue weighted by molar-refractivity contribution is 6.30. The maximum absolute atomic E-state index is 13.6. The molecule has 2 rings (SSSR count). The fourth-order valence-corrected chi connectivity index (χ4v) is 2.60. The van der Waals surface area contributed by atoms with Crippen LogP contribution in [0, 0.1) is 11.7 Å². The Morgan fingerprint density at radius 1 is 1.44 bits per heavy atom.